The molecule has 1 aliphatic carbocycles. The third kappa shape index (κ3) is 4.21. The Morgan fingerprint density at radius 1 is 0.886 bits per heavy atom. The van der Waals surface area contributed by atoms with E-state index in [9.17, 15) is 4.79 Å². The maximum absolute atomic E-state index is 11.8. The van der Waals surface area contributed by atoms with Crippen LogP contribution in [0.15, 0.2) is 48.5 Å². The SMILES string of the molecule is Nc1nc(Nc2ccc3c(c2)CCC(=O)NCC3)nn1-c1cc2c(nn1)-c1ccccc1CCC2. The number of nitrogens with one attached hydrogen (secondary N) is 2. The van der Waals surface area contributed by atoms with Crippen LogP contribution in [0.3, 0.4) is 0 Å². The first kappa shape index (κ1) is 21.3. The third-order valence-electron chi connectivity index (χ3n) is 6.67. The van der Waals surface area contributed by atoms with E-state index in [1.165, 1.54) is 15.8 Å². The van der Waals surface area contributed by atoms with Crippen molar-refractivity contribution in [3.63, 3.8) is 0 Å². The number of rotatable bonds is 3. The molecule has 0 saturated heterocycles. The van der Waals surface area contributed by atoms with Crippen LogP contribution in [-0.2, 0) is 30.5 Å². The van der Waals surface area contributed by atoms with E-state index in [2.05, 4.69) is 61.2 Å². The van der Waals surface area contributed by atoms with Gasteiger partial charge in [-0.05, 0) is 72.6 Å². The molecule has 1 aliphatic heterocycles. The van der Waals surface area contributed by atoms with Gasteiger partial charge in [-0.25, -0.2) is 0 Å². The molecular weight excluding hydrogens is 440 g/mol. The lowest BCUT2D eigenvalue weighted by molar-refractivity contribution is -0.121. The second kappa shape index (κ2) is 8.83. The first-order chi connectivity index (χ1) is 17.1. The molecule has 0 radical (unpaired) electrons. The van der Waals surface area contributed by atoms with Crippen LogP contribution in [0.4, 0.5) is 17.6 Å². The molecule has 9 heteroatoms. The Hall–Kier alpha value is -4.27. The molecule has 4 N–H and O–H groups in total. The van der Waals surface area contributed by atoms with E-state index < -0.39 is 0 Å². The summed E-state index contributed by atoms with van der Waals surface area (Å²) in [6.07, 6.45) is 5.00. The van der Waals surface area contributed by atoms with Gasteiger partial charge in [0.1, 0.15) is 0 Å². The molecule has 0 atom stereocenters. The van der Waals surface area contributed by atoms with Gasteiger partial charge in [-0.15, -0.1) is 15.3 Å². The van der Waals surface area contributed by atoms with E-state index in [0.29, 0.717) is 31.2 Å². The summed E-state index contributed by atoms with van der Waals surface area (Å²) in [5.41, 5.74) is 14.0. The number of benzene rings is 2. The lowest BCUT2D eigenvalue weighted by Crippen LogP contribution is -2.28. The number of nitrogens with two attached hydrogens (primary N) is 1. The third-order valence-corrected chi connectivity index (χ3v) is 6.67. The number of fused-ring (bicyclic) bond motifs is 4. The van der Waals surface area contributed by atoms with Crippen LogP contribution in [0.2, 0.25) is 0 Å². The topological polar surface area (TPSA) is 124 Å². The minimum atomic E-state index is 0.0903. The Balaban J connectivity index is 1.27. The number of hydrogen-bond acceptors (Lipinski definition) is 7. The molecule has 2 aliphatic rings. The Morgan fingerprint density at radius 3 is 2.71 bits per heavy atom. The maximum Gasteiger partial charge on any atom is 0.248 e. The van der Waals surface area contributed by atoms with Crippen molar-refractivity contribution in [1.82, 2.24) is 30.3 Å². The minimum Gasteiger partial charge on any atom is -0.368 e. The molecule has 0 spiro atoms. The number of amides is 1. The summed E-state index contributed by atoms with van der Waals surface area (Å²) >= 11 is 0. The number of aryl methyl sites for hydroxylation is 3. The van der Waals surface area contributed by atoms with Gasteiger partial charge in [0.05, 0.1) is 5.69 Å². The Morgan fingerprint density at radius 2 is 1.77 bits per heavy atom. The monoisotopic (exact) mass is 466 g/mol. The fourth-order valence-electron chi connectivity index (χ4n) is 4.91. The van der Waals surface area contributed by atoms with Crippen molar-refractivity contribution in [2.24, 2.45) is 0 Å². The number of nitrogens with zero attached hydrogens (tertiary/aromatic N) is 5. The quantitative estimate of drug-likeness (QED) is 0.424. The fourth-order valence-corrected chi connectivity index (χ4v) is 4.91. The summed E-state index contributed by atoms with van der Waals surface area (Å²) < 4.78 is 1.52. The van der Waals surface area contributed by atoms with E-state index in [0.717, 1.165) is 53.8 Å². The van der Waals surface area contributed by atoms with Crippen LogP contribution in [-0.4, -0.2) is 37.4 Å². The van der Waals surface area contributed by atoms with Crippen LogP contribution in [0.1, 0.15) is 35.1 Å². The van der Waals surface area contributed by atoms with Crippen LogP contribution in [0.25, 0.3) is 17.1 Å². The highest BCUT2D eigenvalue weighted by Crippen LogP contribution is 2.31. The molecule has 35 heavy (non-hydrogen) atoms. The second-order valence-corrected chi connectivity index (χ2v) is 9.00. The van der Waals surface area contributed by atoms with Crippen LogP contribution in [0.5, 0.6) is 0 Å². The minimum absolute atomic E-state index is 0.0903. The summed E-state index contributed by atoms with van der Waals surface area (Å²) in [6.45, 7) is 0.661. The molecule has 1 amide bonds. The average molecular weight is 467 g/mol. The number of carbonyl (C=O) groups is 1. The Kier molecular flexibility index (Phi) is 5.36. The summed E-state index contributed by atoms with van der Waals surface area (Å²) in [4.78, 5) is 16.2. The van der Waals surface area contributed by atoms with Crippen molar-refractivity contribution in [2.45, 2.75) is 38.5 Å². The zero-order valence-electron chi connectivity index (χ0n) is 19.3. The summed E-state index contributed by atoms with van der Waals surface area (Å²) in [5.74, 6) is 1.25. The van der Waals surface area contributed by atoms with Crippen LogP contribution in [0, 0.1) is 0 Å². The van der Waals surface area contributed by atoms with Crippen molar-refractivity contribution >= 4 is 23.5 Å². The van der Waals surface area contributed by atoms with Crippen LogP contribution >= 0.6 is 0 Å². The summed E-state index contributed by atoms with van der Waals surface area (Å²) in [5, 5.41) is 19.7. The second-order valence-electron chi connectivity index (χ2n) is 9.00. The van der Waals surface area contributed by atoms with E-state index in [1.54, 1.807) is 0 Å². The molecule has 176 valence electrons. The zero-order valence-corrected chi connectivity index (χ0v) is 19.3. The number of nitrogen functional groups attached to an aromatic ring is 1. The highest BCUT2D eigenvalue weighted by molar-refractivity contribution is 5.76. The van der Waals surface area contributed by atoms with E-state index >= 15 is 0 Å². The van der Waals surface area contributed by atoms with Crippen molar-refractivity contribution in [1.29, 1.82) is 0 Å². The van der Waals surface area contributed by atoms with Crippen molar-refractivity contribution in [3.05, 3.63) is 70.8 Å². The molecular formula is C26H26N8O. The Bertz CT molecular complexity index is 1430. The van der Waals surface area contributed by atoms with Gasteiger partial charge in [0, 0.05) is 24.2 Å². The molecule has 4 aromatic rings. The molecule has 2 aromatic carbocycles. The summed E-state index contributed by atoms with van der Waals surface area (Å²) in [7, 11) is 0. The highest BCUT2D eigenvalue weighted by Gasteiger charge is 2.19. The molecule has 0 unspecified atom stereocenters. The molecule has 2 aromatic heterocycles. The van der Waals surface area contributed by atoms with Gasteiger partial charge in [0.25, 0.3) is 0 Å². The van der Waals surface area contributed by atoms with Gasteiger partial charge in [-0.2, -0.15) is 9.67 Å². The summed E-state index contributed by atoms with van der Waals surface area (Å²) in [6, 6.07) is 16.5. The van der Waals surface area contributed by atoms with Crippen molar-refractivity contribution in [2.75, 3.05) is 17.6 Å². The van der Waals surface area contributed by atoms with Gasteiger partial charge in [-0.1, -0.05) is 30.3 Å². The fraction of sp³-hybridized carbons (Fsp3) is 0.269. The van der Waals surface area contributed by atoms with Gasteiger partial charge >= 0.3 is 0 Å². The molecule has 0 fully saturated rings. The van der Waals surface area contributed by atoms with E-state index in [-0.39, 0.29) is 11.9 Å². The lowest BCUT2D eigenvalue weighted by atomic mass is 9.98. The molecule has 3 heterocycles. The highest BCUT2D eigenvalue weighted by atomic mass is 16.1. The normalized spacial score (nSPS) is 15.0. The first-order valence-electron chi connectivity index (χ1n) is 12.0. The zero-order chi connectivity index (χ0) is 23.8. The largest absolute Gasteiger partial charge is 0.368 e. The van der Waals surface area contributed by atoms with Gasteiger partial charge in [0.2, 0.25) is 17.8 Å². The lowest BCUT2D eigenvalue weighted by Gasteiger charge is -2.15. The number of aromatic nitrogens is 5. The molecule has 0 saturated carbocycles. The van der Waals surface area contributed by atoms with E-state index in [4.69, 9.17) is 5.73 Å². The number of hydrogen-bond donors (Lipinski definition) is 3. The van der Waals surface area contributed by atoms with Gasteiger partial charge in [0.15, 0.2) is 5.82 Å². The number of anilines is 3. The van der Waals surface area contributed by atoms with Crippen molar-refractivity contribution < 1.29 is 4.79 Å². The van der Waals surface area contributed by atoms with Crippen molar-refractivity contribution in [3.8, 4) is 17.1 Å². The smallest absolute Gasteiger partial charge is 0.248 e. The number of carbonyl (C=O) groups excluding carboxylic acids is 1. The van der Waals surface area contributed by atoms with E-state index in [1.807, 2.05) is 18.2 Å². The standard InChI is InChI=1S/C26H26N8O/c27-25-30-26(29-20-10-8-16-12-13-28-23(35)11-9-18(16)14-20)33-34(25)22-15-19-6-3-5-17-4-1-2-7-21(17)24(19)32-31-22/h1-2,4,7-8,10,14-15H,3,5-6,9,11-13H2,(H,28,35)(H3,27,29,30,33). The predicted molar refractivity (Wildman–Crippen MR) is 134 cm³/mol. The molecule has 9 nitrogen and oxygen atoms in total. The maximum atomic E-state index is 11.8. The average Bonchev–Trinajstić information content (AvgIpc) is 3.11. The first-order valence-corrected chi connectivity index (χ1v) is 12.0. The molecule has 0 bridgehead atoms. The van der Waals surface area contributed by atoms with Gasteiger partial charge < -0.3 is 16.4 Å². The Labute approximate surface area is 202 Å². The predicted octanol–water partition coefficient (Wildman–Crippen LogP) is 3.14. The van der Waals surface area contributed by atoms with Gasteiger partial charge in [-0.3, -0.25) is 4.79 Å². The van der Waals surface area contributed by atoms with Crippen LogP contribution < -0.4 is 16.4 Å². The molecule has 6 rings (SSSR count).